The van der Waals surface area contributed by atoms with Gasteiger partial charge in [0.15, 0.2) is 6.86 Å². The molecule has 0 saturated heterocycles. The molecule has 0 atom stereocenters. The van der Waals surface area contributed by atoms with Crippen molar-refractivity contribution in [1.82, 2.24) is 0 Å². The second-order valence-electron chi connectivity index (χ2n) is 2.23. The summed E-state index contributed by atoms with van der Waals surface area (Å²) < 4.78 is 147. The molecule has 0 saturated carbocycles. The molecule has 0 spiro atoms. The van der Waals surface area contributed by atoms with Gasteiger partial charge in [-0.15, -0.1) is 0 Å². The highest BCUT2D eigenvalue weighted by molar-refractivity contribution is 7.86. The molecule has 0 bridgehead atoms. The molecule has 0 unspecified atom stereocenters. The average molecular weight is 416 g/mol. The topological polar surface area (TPSA) is 63.6 Å². The molecule has 0 aliphatic carbocycles. The van der Waals surface area contributed by atoms with Crippen LogP contribution in [0.3, 0.4) is 0 Å². The van der Waals surface area contributed by atoms with Crippen LogP contribution >= 0.6 is 0 Å². The standard InChI is InChI=1S/C3H3F5O4S.C2H5F.2CH2F2.CH3F/c4-1-12-2(5,6)3(7,8)13(9,10)11;1-2-3;2*2-1-3;1-2/h1H2,(H,9,10,11);2H2,1H3;2*1H2;1H3. The summed E-state index contributed by atoms with van der Waals surface area (Å²) in [5, 5.41) is -5.88. The van der Waals surface area contributed by atoms with Crippen molar-refractivity contribution in [3.8, 4) is 0 Å². The van der Waals surface area contributed by atoms with E-state index < -0.39 is 42.2 Å². The van der Waals surface area contributed by atoms with E-state index >= 15 is 0 Å². The van der Waals surface area contributed by atoms with Crippen molar-refractivity contribution in [1.29, 1.82) is 0 Å². The van der Waals surface area contributed by atoms with Gasteiger partial charge in [0.05, 0.1) is 13.9 Å². The minimum Gasteiger partial charge on any atom is -0.283 e. The van der Waals surface area contributed by atoms with Crippen molar-refractivity contribution in [2.24, 2.45) is 0 Å². The second-order valence-corrected chi connectivity index (χ2v) is 3.69. The van der Waals surface area contributed by atoms with Crippen LogP contribution in [0.5, 0.6) is 0 Å². The molecule has 0 fully saturated rings. The number of alkyl halides is 11. The number of halogens is 11. The highest BCUT2D eigenvalue weighted by Crippen LogP contribution is 2.38. The number of hydrogen-bond donors (Lipinski definition) is 1. The van der Waals surface area contributed by atoms with Crippen LogP contribution in [0.15, 0.2) is 0 Å². The third kappa shape index (κ3) is 19.1. The van der Waals surface area contributed by atoms with E-state index in [0.29, 0.717) is 7.18 Å². The van der Waals surface area contributed by atoms with E-state index in [0.717, 1.165) is 0 Å². The highest BCUT2D eigenvalue weighted by atomic mass is 32.2. The summed E-state index contributed by atoms with van der Waals surface area (Å²) >= 11 is 0. The van der Waals surface area contributed by atoms with Gasteiger partial charge < -0.3 is 0 Å². The van der Waals surface area contributed by atoms with Gasteiger partial charge in [0.2, 0.25) is 13.9 Å². The van der Waals surface area contributed by atoms with Crippen molar-refractivity contribution >= 4 is 10.1 Å². The molecule has 24 heavy (non-hydrogen) atoms. The van der Waals surface area contributed by atoms with Gasteiger partial charge in [0, 0.05) is 0 Å². The molecule has 0 aromatic carbocycles. The zero-order valence-corrected chi connectivity index (χ0v) is 12.9. The summed E-state index contributed by atoms with van der Waals surface area (Å²) in [6.45, 7) is -4.61. The lowest BCUT2D eigenvalue weighted by Crippen LogP contribution is -2.48. The van der Waals surface area contributed by atoms with E-state index in [4.69, 9.17) is 4.55 Å². The maximum absolute atomic E-state index is 12.0. The largest absolute Gasteiger partial charge is 0.460 e. The van der Waals surface area contributed by atoms with Gasteiger partial charge in [-0.3, -0.25) is 18.1 Å². The van der Waals surface area contributed by atoms with Crippen molar-refractivity contribution < 1.29 is 66.0 Å². The molecule has 0 rings (SSSR count). The fourth-order valence-electron chi connectivity index (χ4n) is 0.303. The number of hydrogen-bond acceptors (Lipinski definition) is 3. The minimum atomic E-state index is -6.36. The van der Waals surface area contributed by atoms with Crippen LogP contribution in [-0.2, 0) is 14.9 Å². The Kier molecular flexibility index (Phi) is 28.9. The van der Waals surface area contributed by atoms with Crippen molar-refractivity contribution in [3.63, 3.8) is 0 Å². The molecule has 0 aliphatic heterocycles. The summed E-state index contributed by atoms with van der Waals surface area (Å²) in [6, 6.07) is 0. The van der Waals surface area contributed by atoms with Crippen LogP contribution < -0.4 is 0 Å². The van der Waals surface area contributed by atoms with E-state index in [1.54, 1.807) is 0 Å². The fourth-order valence-corrected chi connectivity index (χ4v) is 0.662. The van der Waals surface area contributed by atoms with Gasteiger partial charge in [-0.1, -0.05) is 0 Å². The van der Waals surface area contributed by atoms with Crippen LogP contribution in [-0.4, -0.2) is 58.9 Å². The van der Waals surface area contributed by atoms with Crippen LogP contribution in [0.25, 0.3) is 0 Å². The Balaban J connectivity index is -0.0000000901. The molecule has 0 aliphatic rings. The van der Waals surface area contributed by atoms with E-state index in [1.807, 2.05) is 0 Å². The Bertz CT molecular complexity index is 321. The van der Waals surface area contributed by atoms with Crippen LogP contribution in [0.4, 0.5) is 48.3 Å². The van der Waals surface area contributed by atoms with Gasteiger partial charge in [-0.2, -0.15) is 26.0 Å². The summed E-state index contributed by atoms with van der Waals surface area (Å²) in [6.07, 6.45) is -5.62. The lowest BCUT2D eigenvalue weighted by atomic mass is 10.6. The molecule has 154 valence electrons. The Morgan fingerprint density at radius 1 is 0.875 bits per heavy atom. The van der Waals surface area contributed by atoms with Gasteiger partial charge in [0.25, 0.3) is 0 Å². The van der Waals surface area contributed by atoms with E-state index in [2.05, 4.69) is 4.74 Å². The molecule has 0 aromatic rings. The fraction of sp³-hybridized carbons (Fsp3) is 1.00. The SMILES string of the molecule is CCF.CF.FCF.FCF.O=S(=O)(O)C(F)(F)C(F)(F)OCF. The summed E-state index contributed by atoms with van der Waals surface area (Å²) in [7, 11) is -5.86. The Morgan fingerprint density at radius 3 is 1.21 bits per heavy atom. The first-order chi connectivity index (χ1) is 10.8. The first kappa shape index (κ1) is 34.4. The average Bonchev–Trinajstić information content (AvgIpc) is 2.42. The van der Waals surface area contributed by atoms with E-state index in [1.165, 1.54) is 6.92 Å². The van der Waals surface area contributed by atoms with Gasteiger partial charge in [-0.25, -0.2) is 22.0 Å². The van der Waals surface area contributed by atoms with E-state index in [9.17, 15) is 56.7 Å². The lowest BCUT2D eigenvalue weighted by molar-refractivity contribution is -0.329. The predicted octanol–water partition coefficient (Wildman–Crippen LogP) is 4.33. The monoisotopic (exact) mass is 416 g/mol. The second kappa shape index (κ2) is 20.1. The zero-order valence-electron chi connectivity index (χ0n) is 12.1. The molecule has 16 heteroatoms. The maximum Gasteiger partial charge on any atom is 0.460 e. The summed E-state index contributed by atoms with van der Waals surface area (Å²) in [5.74, 6) is 0. The van der Waals surface area contributed by atoms with Crippen molar-refractivity contribution in [3.05, 3.63) is 0 Å². The van der Waals surface area contributed by atoms with Crippen molar-refractivity contribution in [2.45, 2.75) is 18.3 Å². The zero-order chi connectivity index (χ0) is 21.0. The smallest absolute Gasteiger partial charge is 0.283 e. The summed E-state index contributed by atoms with van der Waals surface area (Å²) in [5.41, 5.74) is 0. The summed E-state index contributed by atoms with van der Waals surface area (Å²) in [4.78, 5) is 0. The van der Waals surface area contributed by atoms with Gasteiger partial charge in [-0.05, 0) is 6.92 Å². The third-order valence-electron chi connectivity index (χ3n) is 0.899. The number of ether oxygens (including phenoxy) is 1. The molecule has 0 aromatic heterocycles. The normalized spacial score (nSPS) is 10.4. The Labute approximate surface area is 130 Å². The predicted molar refractivity (Wildman–Crippen MR) is 61.3 cm³/mol. The van der Waals surface area contributed by atoms with Crippen LogP contribution in [0.1, 0.15) is 6.92 Å². The maximum atomic E-state index is 12.0. The van der Waals surface area contributed by atoms with Crippen molar-refractivity contribution in [2.75, 3.05) is 34.6 Å². The van der Waals surface area contributed by atoms with Gasteiger partial charge >= 0.3 is 21.5 Å². The van der Waals surface area contributed by atoms with Crippen LogP contribution in [0, 0.1) is 0 Å². The number of rotatable bonds is 4. The Hall–Kier alpha value is -0.900. The quantitative estimate of drug-likeness (QED) is 0.548. The molecule has 0 heterocycles. The third-order valence-corrected chi connectivity index (χ3v) is 1.78. The first-order valence-corrected chi connectivity index (χ1v) is 6.35. The first-order valence-electron chi connectivity index (χ1n) is 4.91. The van der Waals surface area contributed by atoms with Gasteiger partial charge in [0.1, 0.15) is 0 Å². The lowest BCUT2D eigenvalue weighted by Gasteiger charge is -2.21. The molecular formula is C8H15F11O4S. The highest BCUT2D eigenvalue weighted by Gasteiger charge is 2.67. The minimum absolute atomic E-state index is 0.250. The molecule has 0 amide bonds. The Morgan fingerprint density at radius 2 is 1.08 bits per heavy atom. The molecule has 0 radical (unpaired) electrons. The van der Waals surface area contributed by atoms with E-state index in [-0.39, 0.29) is 6.67 Å². The molecular weight excluding hydrogens is 401 g/mol. The molecule has 1 N–H and O–H groups in total. The van der Waals surface area contributed by atoms with Crippen LogP contribution in [0.2, 0.25) is 0 Å². The molecule has 4 nitrogen and oxygen atoms in total.